The number of ether oxygens (including phenoxy) is 2. The molecule has 0 radical (unpaired) electrons. The third-order valence-electron chi connectivity index (χ3n) is 7.10. The first-order chi connectivity index (χ1) is 16.3. The van der Waals surface area contributed by atoms with Gasteiger partial charge in [-0.15, -0.1) is 0 Å². The molecule has 1 aromatic carbocycles. The Morgan fingerprint density at radius 2 is 2.06 bits per heavy atom. The average Bonchev–Trinajstić information content (AvgIpc) is 3.33. The van der Waals surface area contributed by atoms with Gasteiger partial charge >= 0.3 is 6.09 Å². The van der Waals surface area contributed by atoms with Gasteiger partial charge in [-0.05, 0) is 61.9 Å². The van der Waals surface area contributed by atoms with Gasteiger partial charge in [0, 0.05) is 5.92 Å². The molecule has 8 heteroatoms. The van der Waals surface area contributed by atoms with Gasteiger partial charge in [-0.2, -0.15) is 4.90 Å². The van der Waals surface area contributed by atoms with E-state index in [2.05, 4.69) is 11.7 Å². The Morgan fingerprint density at radius 1 is 1.29 bits per heavy atom. The zero-order valence-corrected chi connectivity index (χ0v) is 20.4. The van der Waals surface area contributed by atoms with Crippen molar-refractivity contribution in [3.8, 4) is 5.75 Å². The molecule has 0 saturated carbocycles. The quantitative estimate of drug-likeness (QED) is 0.442. The van der Waals surface area contributed by atoms with E-state index in [1.54, 1.807) is 12.1 Å². The molecule has 1 N–H and O–H groups in total. The van der Waals surface area contributed by atoms with Gasteiger partial charge in [-0.1, -0.05) is 42.2 Å². The number of carbonyl (C=O) groups excluding carboxylic acids is 3. The lowest BCUT2D eigenvalue weighted by atomic mass is 9.68. The second-order valence-corrected chi connectivity index (χ2v) is 9.70. The lowest BCUT2D eigenvalue weighted by molar-refractivity contribution is -0.137. The number of halogens is 1. The number of imide groups is 3. The molecule has 1 aromatic rings. The Bertz CT molecular complexity index is 1080. The van der Waals surface area contributed by atoms with Crippen molar-refractivity contribution in [2.45, 2.75) is 52.1 Å². The van der Waals surface area contributed by atoms with Gasteiger partial charge in [-0.3, -0.25) is 9.59 Å². The summed E-state index contributed by atoms with van der Waals surface area (Å²) in [5.74, 6) is -2.08. The minimum Gasteiger partial charge on any atom is -0.508 e. The Kier molecular flexibility index (Phi) is 7.14. The summed E-state index contributed by atoms with van der Waals surface area (Å²) in [6.45, 7) is 4.49. The number of phenols is 1. The van der Waals surface area contributed by atoms with Crippen LogP contribution < -0.4 is 0 Å². The van der Waals surface area contributed by atoms with Gasteiger partial charge in [0.2, 0.25) is 11.8 Å². The van der Waals surface area contributed by atoms with Crippen LogP contribution in [0.2, 0.25) is 5.02 Å². The standard InChI is InChI=1S/C26H30ClNO6/c1-4-5-16-11-18-23(25(31)28(24(18)30)26(32)33-3)19-13-34-21(22(16)19)9-6-14(2)10-15-7-8-17(29)12-20(15)27/h7-8,10,12,18-19,21,23,29H,4-6,9,11,13H2,1-3H3/b14-10+/t18-,19+,21-,23-/m1/s1. The number of fused-ring (bicyclic) bond motifs is 3. The normalized spacial score (nSPS) is 26.7. The molecule has 0 spiro atoms. The summed E-state index contributed by atoms with van der Waals surface area (Å²) in [6.07, 6.45) is 4.74. The average molecular weight is 488 g/mol. The van der Waals surface area contributed by atoms with Crippen molar-refractivity contribution in [2.75, 3.05) is 13.7 Å². The van der Waals surface area contributed by atoms with Crippen molar-refractivity contribution in [1.29, 1.82) is 0 Å². The minimum absolute atomic E-state index is 0.124. The van der Waals surface area contributed by atoms with E-state index in [4.69, 9.17) is 16.3 Å². The summed E-state index contributed by atoms with van der Waals surface area (Å²) in [6, 6.07) is 4.90. The van der Waals surface area contributed by atoms with Crippen molar-refractivity contribution in [1.82, 2.24) is 4.90 Å². The van der Waals surface area contributed by atoms with Crippen molar-refractivity contribution in [2.24, 2.45) is 17.8 Å². The zero-order valence-electron chi connectivity index (χ0n) is 19.7. The van der Waals surface area contributed by atoms with Crippen LogP contribution in [-0.4, -0.2) is 47.7 Å². The van der Waals surface area contributed by atoms with Crippen LogP contribution in [-0.2, 0) is 19.1 Å². The van der Waals surface area contributed by atoms with Gasteiger partial charge in [0.1, 0.15) is 5.75 Å². The first-order valence-electron chi connectivity index (χ1n) is 11.7. The fourth-order valence-corrected chi connectivity index (χ4v) is 5.84. The van der Waals surface area contributed by atoms with Crippen LogP contribution in [0.1, 0.15) is 51.5 Å². The van der Waals surface area contributed by atoms with E-state index in [0.717, 1.165) is 42.4 Å². The summed E-state index contributed by atoms with van der Waals surface area (Å²) in [7, 11) is 1.17. The van der Waals surface area contributed by atoms with Gasteiger partial charge in [0.25, 0.3) is 0 Å². The van der Waals surface area contributed by atoms with Crippen LogP contribution in [0.15, 0.2) is 34.9 Å². The van der Waals surface area contributed by atoms with Crippen LogP contribution in [0.4, 0.5) is 4.79 Å². The zero-order chi connectivity index (χ0) is 24.6. The highest BCUT2D eigenvalue weighted by Gasteiger charge is 2.58. The SMILES string of the molecule is CCCC1=C2[C@@H](CC/C(C)=C/c3ccc(O)cc3Cl)OC[C@@H]2[C@@H]2C(=O)N(C(=O)OC)C(=O)[C@@H]2C1. The molecule has 1 aliphatic carbocycles. The number of hydrogen-bond donors (Lipinski definition) is 1. The Hall–Kier alpha value is -2.64. The molecular weight excluding hydrogens is 458 g/mol. The van der Waals surface area contributed by atoms with Gasteiger partial charge in [0.05, 0.1) is 36.7 Å². The topological polar surface area (TPSA) is 93.1 Å². The lowest BCUT2D eigenvalue weighted by Gasteiger charge is -2.31. The molecule has 0 bridgehead atoms. The van der Waals surface area contributed by atoms with Crippen molar-refractivity contribution >= 4 is 35.6 Å². The number of hydrogen-bond acceptors (Lipinski definition) is 6. The third kappa shape index (κ3) is 4.39. The lowest BCUT2D eigenvalue weighted by Crippen LogP contribution is -2.38. The summed E-state index contributed by atoms with van der Waals surface area (Å²) in [4.78, 5) is 38.8. The number of benzene rings is 1. The second-order valence-electron chi connectivity index (χ2n) is 9.29. The van der Waals surface area contributed by atoms with Crippen LogP contribution in [0.5, 0.6) is 5.75 Å². The number of amides is 3. The van der Waals surface area contributed by atoms with E-state index in [9.17, 15) is 19.5 Å². The van der Waals surface area contributed by atoms with E-state index in [-0.39, 0.29) is 17.8 Å². The van der Waals surface area contributed by atoms with Crippen molar-refractivity contribution in [3.05, 3.63) is 45.5 Å². The molecule has 3 aliphatic rings. The number of phenolic OH excluding ortho intramolecular Hbond substituents is 1. The smallest absolute Gasteiger partial charge is 0.423 e. The van der Waals surface area contributed by atoms with E-state index in [1.165, 1.54) is 18.7 Å². The molecule has 2 heterocycles. The number of aromatic hydroxyl groups is 1. The maximum Gasteiger partial charge on any atom is 0.423 e. The van der Waals surface area contributed by atoms with Crippen LogP contribution in [0.25, 0.3) is 6.08 Å². The minimum atomic E-state index is -0.910. The van der Waals surface area contributed by atoms with Crippen molar-refractivity contribution < 1.29 is 29.0 Å². The molecule has 182 valence electrons. The summed E-state index contributed by atoms with van der Waals surface area (Å²) >= 11 is 6.23. The molecule has 4 rings (SSSR count). The molecule has 0 unspecified atom stereocenters. The molecule has 2 aliphatic heterocycles. The number of rotatable bonds is 6. The highest BCUT2D eigenvalue weighted by molar-refractivity contribution is 6.32. The largest absolute Gasteiger partial charge is 0.508 e. The van der Waals surface area contributed by atoms with E-state index >= 15 is 0 Å². The maximum absolute atomic E-state index is 13.1. The fraction of sp³-hybridized carbons (Fsp3) is 0.500. The van der Waals surface area contributed by atoms with Gasteiger partial charge in [-0.25, -0.2) is 4.79 Å². The first kappa shape index (κ1) is 24.5. The molecule has 3 amide bonds. The molecule has 2 fully saturated rings. The molecule has 2 saturated heterocycles. The van der Waals surface area contributed by atoms with Gasteiger partial charge < -0.3 is 14.6 Å². The fourth-order valence-electron chi connectivity index (χ4n) is 5.61. The molecule has 7 nitrogen and oxygen atoms in total. The maximum atomic E-state index is 13.1. The number of likely N-dealkylation sites (tertiary alicyclic amines) is 1. The number of nitrogens with zero attached hydrogens (tertiary/aromatic N) is 1. The van der Waals surface area contributed by atoms with E-state index < -0.39 is 29.7 Å². The first-order valence-corrected chi connectivity index (χ1v) is 12.1. The Balaban J connectivity index is 1.54. The highest BCUT2D eigenvalue weighted by Crippen LogP contribution is 2.50. The summed E-state index contributed by atoms with van der Waals surface area (Å²) < 4.78 is 10.9. The predicted octanol–water partition coefficient (Wildman–Crippen LogP) is 5.11. The van der Waals surface area contributed by atoms with Crippen molar-refractivity contribution in [3.63, 3.8) is 0 Å². The van der Waals surface area contributed by atoms with E-state index in [1.807, 2.05) is 13.0 Å². The Labute approximate surface area is 204 Å². The molecule has 4 atom stereocenters. The van der Waals surface area contributed by atoms with Crippen LogP contribution in [0.3, 0.4) is 0 Å². The number of allylic oxidation sites excluding steroid dienone is 2. The van der Waals surface area contributed by atoms with E-state index in [0.29, 0.717) is 23.0 Å². The number of carbonyl (C=O) groups is 3. The number of methoxy groups -OCH3 is 1. The van der Waals surface area contributed by atoms with Crippen LogP contribution in [0, 0.1) is 17.8 Å². The monoisotopic (exact) mass is 487 g/mol. The predicted molar refractivity (Wildman–Crippen MR) is 127 cm³/mol. The third-order valence-corrected chi connectivity index (χ3v) is 7.43. The second kappa shape index (κ2) is 9.92. The highest BCUT2D eigenvalue weighted by atomic mass is 35.5. The molecular formula is C26H30ClNO6. The molecule has 0 aromatic heterocycles. The molecule has 34 heavy (non-hydrogen) atoms. The summed E-state index contributed by atoms with van der Waals surface area (Å²) in [5.41, 5.74) is 4.29. The van der Waals surface area contributed by atoms with Crippen LogP contribution >= 0.6 is 11.6 Å². The van der Waals surface area contributed by atoms with Gasteiger partial charge in [0.15, 0.2) is 0 Å². The Morgan fingerprint density at radius 3 is 2.74 bits per heavy atom. The summed E-state index contributed by atoms with van der Waals surface area (Å²) in [5, 5.41) is 10.0.